The molecule has 26 nitrogen and oxygen atoms in total. The van der Waals surface area contributed by atoms with Gasteiger partial charge in [0.25, 0.3) is 11.8 Å². The van der Waals surface area contributed by atoms with Gasteiger partial charge in [-0.25, -0.2) is 9.59 Å². The second-order valence-electron chi connectivity index (χ2n) is 25.4. The number of primary amides is 1. The summed E-state index contributed by atoms with van der Waals surface area (Å²) in [5.41, 5.74) is 6.75. The van der Waals surface area contributed by atoms with Gasteiger partial charge in [0.15, 0.2) is 0 Å². The van der Waals surface area contributed by atoms with Crippen LogP contribution in [0.1, 0.15) is 151 Å². The number of rotatable bonds is 38. The maximum atomic E-state index is 14.7. The van der Waals surface area contributed by atoms with Crippen molar-refractivity contribution in [2.45, 2.75) is 201 Å². The number of hydrogen-bond acceptors (Lipinski definition) is 15. The molecule has 0 spiro atoms. The van der Waals surface area contributed by atoms with Crippen LogP contribution in [0.2, 0.25) is 0 Å². The molecule has 93 heavy (non-hydrogen) atoms. The lowest BCUT2D eigenvalue weighted by atomic mass is 9.89. The van der Waals surface area contributed by atoms with E-state index in [-0.39, 0.29) is 80.8 Å². The fourth-order valence-corrected chi connectivity index (χ4v) is 11.6. The highest BCUT2D eigenvalue weighted by atomic mass is 16.5. The summed E-state index contributed by atoms with van der Waals surface area (Å²) in [4.78, 5) is 150. The van der Waals surface area contributed by atoms with E-state index in [1.54, 1.807) is 104 Å². The minimum atomic E-state index is -1.14. The van der Waals surface area contributed by atoms with Crippen molar-refractivity contribution in [2.75, 3.05) is 46.2 Å². The number of alkyl carbamates (subject to hydrolysis) is 1. The number of carbonyl (C=O) groups is 11. The molecule has 2 aliphatic heterocycles. The summed E-state index contributed by atoms with van der Waals surface area (Å²) >= 11 is 0. The highest BCUT2D eigenvalue weighted by molar-refractivity contribution is 6.12. The van der Waals surface area contributed by atoms with Crippen LogP contribution >= 0.6 is 0 Å². The first-order valence-electron chi connectivity index (χ1n) is 32.5. The number of anilines is 1. The Balaban J connectivity index is 1.35. The quantitative estimate of drug-likeness (QED) is 0.0324. The van der Waals surface area contributed by atoms with Crippen molar-refractivity contribution >= 4 is 71.0 Å². The highest BCUT2D eigenvalue weighted by Gasteiger charge is 2.44. The molecule has 0 bridgehead atoms. The number of hydrogen-bond donors (Lipinski definition) is 9. The molecule has 12 atom stereocenters. The Hall–Kier alpha value is -7.97. The van der Waals surface area contributed by atoms with Crippen LogP contribution in [0, 0.1) is 29.6 Å². The molecule has 2 aromatic carbocycles. The van der Waals surface area contributed by atoms with Gasteiger partial charge >= 0.3 is 12.1 Å². The van der Waals surface area contributed by atoms with Crippen LogP contribution in [0.5, 0.6) is 0 Å². The van der Waals surface area contributed by atoms with Gasteiger partial charge in [-0.15, -0.1) is 0 Å². The number of nitrogens with two attached hydrogens (primary N) is 1. The number of likely N-dealkylation sites (tertiary alicyclic amines) is 1. The molecule has 0 aliphatic carbocycles. The Morgan fingerprint density at radius 3 is 1.90 bits per heavy atom. The van der Waals surface area contributed by atoms with Crippen molar-refractivity contribution in [3.8, 4) is 0 Å². The summed E-state index contributed by atoms with van der Waals surface area (Å²) < 4.78 is 17.6. The lowest BCUT2D eigenvalue weighted by Crippen LogP contribution is -2.60. The average molecular weight is 1300 g/mol. The van der Waals surface area contributed by atoms with Crippen molar-refractivity contribution in [3.63, 3.8) is 0 Å². The number of amides is 12. The number of aliphatic hydroxyl groups is 1. The summed E-state index contributed by atoms with van der Waals surface area (Å²) in [7, 11) is 4.63. The van der Waals surface area contributed by atoms with Gasteiger partial charge in [0.1, 0.15) is 30.8 Å². The van der Waals surface area contributed by atoms with E-state index in [1.165, 1.54) is 31.3 Å². The third-order valence-corrected chi connectivity index (χ3v) is 17.3. The lowest BCUT2D eigenvalue weighted by molar-refractivity contribution is -0.148. The van der Waals surface area contributed by atoms with Gasteiger partial charge in [0.05, 0.1) is 48.8 Å². The monoisotopic (exact) mass is 1300 g/mol. The molecule has 2 heterocycles. The molecule has 0 saturated carbocycles. The Labute approximate surface area is 547 Å². The van der Waals surface area contributed by atoms with Crippen molar-refractivity contribution in [1.82, 2.24) is 46.6 Å². The number of methoxy groups -OCH3 is 2. The van der Waals surface area contributed by atoms with Crippen LogP contribution in [-0.4, -0.2) is 180 Å². The smallest absolute Gasteiger partial charge is 0.408 e. The topological polar surface area (TPSA) is 356 Å². The fraction of sp³-hybridized carbons (Fsp3) is 0.627. The van der Waals surface area contributed by atoms with Crippen molar-refractivity contribution in [3.05, 3.63) is 77.9 Å². The fourth-order valence-electron chi connectivity index (χ4n) is 11.6. The molecular weight excluding hydrogens is 1200 g/mol. The molecule has 26 heteroatoms. The van der Waals surface area contributed by atoms with Gasteiger partial charge in [0, 0.05) is 65.2 Å². The predicted molar refractivity (Wildman–Crippen MR) is 349 cm³/mol. The first-order valence-corrected chi connectivity index (χ1v) is 32.5. The number of carbonyl (C=O) groups excluding carboxylic acids is 11. The number of ether oxygens (including phenoxy) is 3. The molecule has 12 amide bonds. The van der Waals surface area contributed by atoms with E-state index in [2.05, 4.69) is 37.2 Å². The number of urea groups is 1. The molecule has 0 radical (unpaired) electrons. The lowest BCUT2D eigenvalue weighted by Gasteiger charge is -2.41. The number of nitrogens with zero attached hydrogens (tertiary/aromatic N) is 3. The number of benzene rings is 2. The van der Waals surface area contributed by atoms with E-state index in [1.807, 2.05) is 32.0 Å². The van der Waals surface area contributed by atoms with Crippen molar-refractivity contribution < 1.29 is 72.1 Å². The van der Waals surface area contributed by atoms with Crippen LogP contribution in [0.25, 0.3) is 0 Å². The summed E-state index contributed by atoms with van der Waals surface area (Å²) in [6, 6.07) is 8.63. The molecule has 10 N–H and O–H groups in total. The molecule has 2 aromatic rings. The summed E-state index contributed by atoms with van der Waals surface area (Å²) in [6.45, 7) is 18.5. The Bertz CT molecular complexity index is 2840. The zero-order chi connectivity index (χ0) is 69.2. The normalized spacial score (nSPS) is 17.5. The number of nitrogens with one attached hydrogen (secondary N) is 7. The molecule has 1 unspecified atom stereocenters. The minimum Gasteiger partial charge on any atom is -0.445 e. The van der Waals surface area contributed by atoms with Crippen LogP contribution in [0.15, 0.2) is 66.7 Å². The number of unbranched alkanes of at least 4 members (excludes halogenated alkanes) is 2. The molecular formula is C67H103N11O15. The predicted octanol–water partition coefficient (Wildman–Crippen LogP) is 4.73. The van der Waals surface area contributed by atoms with Crippen LogP contribution in [0.3, 0.4) is 0 Å². The summed E-state index contributed by atoms with van der Waals surface area (Å²) in [5, 5.41) is 30.2. The van der Waals surface area contributed by atoms with Crippen LogP contribution in [0.4, 0.5) is 15.3 Å². The second-order valence-corrected chi connectivity index (χ2v) is 25.4. The van der Waals surface area contributed by atoms with Gasteiger partial charge in [-0.3, -0.25) is 48.1 Å². The van der Waals surface area contributed by atoms with Crippen LogP contribution < -0.4 is 43.0 Å². The van der Waals surface area contributed by atoms with Crippen molar-refractivity contribution in [1.29, 1.82) is 0 Å². The zero-order valence-electron chi connectivity index (χ0n) is 56.5. The molecule has 1 saturated heterocycles. The number of likely N-dealkylation sites (N-methyl/N-ethyl adjacent to an activating group) is 1. The van der Waals surface area contributed by atoms with E-state index in [4.69, 9.17) is 19.9 Å². The maximum absolute atomic E-state index is 14.7. The van der Waals surface area contributed by atoms with Gasteiger partial charge in [-0.1, -0.05) is 118 Å². The number of aliphatic hydroxyl groups excluding tert-OH is 1. The van der Waals surface area contributed by atoms with E-state index in [0.717, 1.165) is 4.90 Å². The Kier molecular flexibility index (Phi) is 31.9. The molecule has 1 fully saturated rings. The van der Waals surface area contributed by atoms with Gasteiger partial charge in [-0.2, -0.15) is 0 Å². The molecule has 2 aliphatic rings. The van der Waals surface area contributed by atoms with Crippen molar-refractivity contribution in [2.24, 2.45) is 35.3 Å². The second kappa shape index (κ2) is 38.3. The average Bonchev–Trinajstić information content (AvgIpc) is 1.94. The van der Waals surface area contributed by atoms with Gasteiger partial charge < -0.3 is 72.1 Å². The summed E-state index contributed by atoms with van der Waals surface area (Å²) in [5.74, 6) is -6.08. The summed E-state index contributed by atoms with van der Waals surface area (Å²) in [6.07, 6.45) is 2.85. The Morgan fingerprint density at radius 1 is 0.710 bits per heavy atom. The SMILES string of the molecule is CC[C@H](C)C([C@@H](CC(=O)N1CCC[C@H]1[C@H](OC)[C@@H](C)C(=O)N[C@H](C)[C@@H](O)c1ccccc1)OC)N(C)C(=O)[C@@H](NC(=O)[C@@H](NC(=O)OCc1ccc(NC(=O)[C@H](CCCNC(N)=O)NC(=O)[C@@H](NC(=O)CCCCCN2C(=O)C=CC2=O)C(C)C)cc1)C(C)C)C(C)C. The van der Waals surface area contributed by atoms with Crippen LogP contribution in [-0.2, 0) is 64.0 Å². The van der Waals surface area contributed by atoms with Gasteiger partial charge in [-0.05, 0) is 92.4 Å². The minimum absolute atomic E-state index is 0.0836. The van der Waals surface area contributed by atoms with E-state index in [9.17, 15) is 57.8 Å². The molecule has 516 valence electrons. The third kappa shape index (κ3) is 23.5. The van der Waals surface area contributed by atoms with Gasteiger partial charge in [0.2, 0.25) is 41.4 Å². The molecule has 0 aromatic heterocycles. The number of imide groups is 1. The van der Waals surface area contributed by atoms with E-state index in [0.29, 0.717) is 61.9 Å². The first-order chi connectivity index (χ1) is 44.0. The first kappa shape index (κ1) is 77.5. The Morgan fingerprint density at radius 2 is 1.32 bits per heavy atom. The van der Waals surface area contributed by atoms with E-state index < -0.39 is 120 Å². The standard InChI is InChI=1S/C67H103N11O15/c1-14-42(8)58(50(91-12)37-54(82)77-36-22-26-49(77)60(92-13)43(9)61(84)70-44(10)59(83)46-23-17-15-18-24-46)76(11)65(88)57(41(6)7)74-64(87)56(40(4)5)75-67(90)93-38-45-28-30-47(31-29-45)71-62(85)48(25-21-34-69-66(68)89)72-63(86)55(39(2)3)73-51(79)27-19-16-20-35-78-52(80)32-33-53(78)81/h15,17-18,23-24,28-33,39-44,48-50,55-60,83H,14,16,19-22,25-27,34-38H2,1-13H3,(H,70,84)(H,71,85)(H,72,86)(H,73,79)(H,74,87)(H,75,90)(H3,68,69,89)/t42-,43+,44+,48-,49-,50+,55-,56-,57-,58?,59+,60+/m0/s1. The maximum Gasteiger partial charge on any atom is 0.408 e. The van der Waals surface area contributed by atoms with E-state index >= 15 is 0 Å². The molecule has 4 rings (SSSR count). The zero-order valence-corrected chi connectivity index (χ0v) is 56.5. The third-order valence-electron chi connectivity index (χ3n) is 17.3. The largest absolute Gasteiger partial charge is 0.445 e. The highest BCUT2D eigenvalue weighted by Crippen LogP contribution is 2.30.